The van der Waals surface area contributed by atoms with Gasteiger partial charge in [0, 0.05) is 5.54 Å². The Hall–Kier alpha value is -0.820. The molecule has 1 aromatic carbocycles. The lowest BCUT2D eigenvalue weighted by Gasteiger charge is -2.40. The van der Waals surface area contributed by atoms with Crippen LogP contribution in [0.1, 0.15) is 56.6 Å². The van der Waals surface area contributed by atoms with E-state index in [1.807, 2.05) is 0 Å². The number of fused-ring (bicyclic) bond motifs is 5. The Morgan fingerprint density at radius 3 is 2.65 bits per heavy atom. The van der Waals surface area contributed by atoms with Crippen molar-refractivity contribution < 1.29 is 0 Å². The fourth-order valence-corrected chi connectivity index (χ4v) is 5.79. The Balaban J connectivity index is 1.61. The topological polar surface area (TPSA) is 26.0 Å². The molecule has 5 unspecified atom stereocenters. The van der Waals surface area contributed by atoms with Gasteiger partial charge in [-0.25, -0.2) is 0 Å². The summed E-state index contributed by atoms with van der Waals surface area (Å²) in [6.07, 6.45) is 9.44. The molecule has 0 aliphatic heterocycles. The predicted molar refractivity (Wildman–Crippen MR) is 83.3 cm³/mol. The molecule has 3 aliphatic carbocycles. The Kier molecular flexibility index (Phi) is 2.96. The Morgan fingerprint density at radius 1 is 1.15 bits per heavy atom. The van der Waals surface area contributed by atoms with Gasteiger partial charge < -0.3 is 5.73 Å². The number of aryl methyl sites for hydroxylation is 1. The molecule has 3 saturated carbocycles. The van der Waals surface area contributed by atoms with Crippen molar-refractivity contribution in [1.29, 1.82) is 0 Å². The van der Waals surface area contributed by atoms with Crippen molar-refractivity contribution in [2.24, 2.45) is 29.4 Å². The van der Waals surface area contributed by atoms with E-state index < -0.39 is 0 Å². The van der Waals surface area contributed by atoms with Crippen LogP contribution in [0.25, 0.3) is 0 Å². The molecule has 20 heavy (non-hydrogen) atoms. The molecule has 4 rings (SSSR count). The van der Waals surface area contributed by atoms with E-state index in [0.717, 1.165) is 23.7 Å². The quantitative estimate of drug-likeness (QED) is 0.872. The molecule has 1 heteroatoms. The summed E-state index contributed by atoms with van der Waals surface area (Å²) >= 11 is 0. The lowest BCUT2D eigenvalue weighted by molar-refractivity contribution is 0.157. The molecule has 1 aromatic rings. The first kappa shape index (κ1) is 12.9. The zero-order valence-corrected chi connectivity index (χ0v) is 12.6. The van der Waals surface area contributed by atoms with Crippen molar-refractivity contribution in [1.82, 2.24) is 0 Å². The van der Waals surface area contributed by atoms with E-state index in [2.05, 4.69) is 31.2 Å². The standard InChI is InChI=1S/C19H27N/c1-2-4-13-7-9-15(10-8-13)19(20)12-14-11-18(19)17-6-3-5-16(14)17/h7-10,14,16-18H,2-6,11-12,20H2,1H3. The average Bonchev–Trinajstić information content (AvgIpc) is 3.11. The van der Waals surface area contributed by atoms with Crippen LogP contribution in [-0.2, 0) is 12.0 Å². The van der Waals surface area contributed by atoms with E-state index in [0.29, 0.717) is 0 Å². The van der Waals surface area contributed by atoms with Crippen LogP contribution in [0.15, 0.2) is 24.3 Å². The van der Waals surface area contributed by atoms with Crippen LogP contribution in [0.4, 0.5) is 0 Å². The van der Waals surface area contributed by atoms with E-state index in [1.165, 1.54) is 56.1 Å². The van der Waals surface area contributed by atoms with Gasteiger partial charge in [0.2, 0.25) is 0 Å². The molecular formula is C19H27N. The van der Waals surface area contributed by atoms with Gasteiger partial charge >= 0.3 is 0 Å². The maximum Gasteiger partial charge on any atom is 0.0443 e. The summed E-state index contributed by atoms with van der Waals surface area (Å²) in [6, 6.07) is 9.28. The molecule has 1 nitrogen and oxygen atoms in total. The van der Waals surface area contributed by atoms with Crippen molar-refractivity contribution in [3.63, 3.8) is 0 Å². The molecule has 0 amide bonds. The number of nitrogens with two attached hydrogens (primary N) is 1. The molecule has 0 spiro atoms. The van der Waals surface area contributed by atoms with E-state index in [9.17, 15) is 0 Å². The molecular weight excluding hydrogens is 242 g/mol. The van der Waals surface area contributed by atoms with Gasteiger partial charge in [-0.2, -0.15) is 0 Å². The first-order valence-corrected chi connectivity index (χ1v) is 8.60. The van der Waals surface area contributed by atoms with E-state index >= 15 is 0 Å². The van der Waals surface area contributed by atoms with Gasteiger partial charge in [-0.05, 0) is 66.9 Å². The normalized spacial score (nSPS) is 42.1. The number of benzene rings is 1. The fraction of sp³-hybridized carbons (Fsp3) is 0.684. The van der Waals surface area contributed by atoms with Crippen LogP contribution in [0.3, 0.4) is 0 Å². The molecule has 2 bridgehead atoms. The molecule has 5 atom stereocenters. The largest absolute Gasteiger partial charge is 0.321 e. The summed E-state index contributed by atoms with van der Waals surface area (Å²) in [5.74, 6) is 3.65. The Morgan fingerprint density at radius 2 is 1.90 bits per heavy atom. The summed E-state index contributed by atoms with van der Waals surface area (Å²) in [4.78, 5) is 0. The highest BCUT2D eigenvalue weighted by Crippen LogP contribution is 2.64. The Labute approximate surface area is 122 Å². The SMILES string of the molecule is CCCc1ccc(C2(N)CC3CC2C2CCCC32)cc1. The molecule has 3 aliphatic rings. The van der Waals surface area contributed by atoms with Crippen LogP contribution >= 0.6 is 0 Å². The molecule has 108 valence electrons. The summed E-state index contributed by atoms with van der Waals surface area (Å²) < 4.78 is 0. The average molecular weight is 269 g/mol. The third-order valence-corrected chi connectivity index (χ3v) is 6.60. The van der Waals surface area contributed by atoms with Crippen LogP contribution in [-0.4, -0.2) is 0 Å². The predicted octanol–water partition coefficient (Wildman–Crippen LogP) is 4.25. The third kappa shape index (κ3) is 1.72. The lowest BCUT2D eigenvalue weighted by atomic mass is 9.68. The van der Waals surface area contributed by atoms with Crippen LogP contribution in [0.5, 0.6) is 0 Å². The first-order valence-electron chi connectivity index (χ1n) is 8.60. The van der Waals surface area contributed by atoms with Gasteiger partial charge in [0.1, 0.15) is 0 Å². The van der Waals surface area contributed by atoms with Gasteiger partial charge in [0.15, 0.2) is 0 Å². The fourth-order valence-electron chi connectivity index (χ4n) is 5.79. The summed E-state index contributed by atoms with van der Waals surface area (Å²) in [7, 11) is 0. The first-order chi connectivity index (χ1) is 9.72. The second-order valence-corrected chi connectivity index (χ2v) is 7.55. The minimum atomic E-state index is -0.0130. The maximum absolute atomic E-state index is 6.95. The number of hydrogen-bond acceptors (Lipinski definition) is 1. The van der Waals surface area contributed by atoms with E-state index in [4.69, 9.17) is 5.73 Å². The van der Waals surface area contributed by atoms with Gasteiger partial charge in [-0.1, -0.05) is 44.0 Å². The Bertz CT molecular complexity index is 491. The van der Waals surface area contributed by atoms with Crippen molar-refractivity contribution in [3.05, 3.63) is 35.4 Å². The zero-order valence-electron chi connectivity index (χ0n) is 12.6. The molecule has 0 saturated heterocycles. The van der Waals surface area contributed by atoms with Gasteiger partial charge in [0.25, 0.3) is 0 Å². The van der Waals surface area contributed by atoms with Crippen molar-refractivity contribution in [2.45, 2.75) is 57.4 Å². The second-order valence-electron chi connectivity index (χ2n) is 7.55. The zero-order chi connectivity index (χ0) is 13.7. The number of hydrogen-bond donors (Lipinski definition) is 1. The molecule has 0 radical (unpaired) electrons. The minimum Gasteiger partial charge on any atom is -0.321 e. The van der Waals surface area contributed by atoms with Gasteiger partial charge in [-0.3, -0.25) is 0 Å². The van der Waals surface area contributed by atoms with Crippen molar-refractivity contribution in [3.8, 4) is 0 Å². The van der Waals surface area contributed by atoms with Crippen molar-refractivity contribution >= 4 is 0 Å². The van der Waals surface area contributed by atoms with Crippen LogP contribution < -0.4 is 5.73 Å². The lowest BCUT2D eigenvalue weighted by Crippen LogP contribution is -2.46. The van der Waals surface area contributed by atoms with Gasteiger partial charge in [-0.15, -0.1) is 0 Å². The summed E-state index contributed by atoms with van der Waals surface area (Å²) in [6.45, 7) is 2.24. The number of rotatable bonds is 3. The summed E-state index contributed by atoms with van der Waals surface area (Å²) in [5, 5.41) is 0. The molecule has 2 N–H and O–H groups in total. The maximum atomic E-state index is 6.95. The second kappa shape index (κ2) is 4.59. The molecule has 0 aromatic heterocycles. The van der Waals surface area contributed by atoms with E-state index in [1.54, 1.807) is 0 Å². The minimum absolute atomic E-state index is 0.0130. The molecule has 0 heterocycles. The molecule has 3 fully saturated rings. The monoisotopic (exact) mass is 269 g/mol. The van der Waals surface area contributed by atoms with E-state index in [-0.39, 0.29) is 5.54 Å². The highest BCUT2D eigenvalue weighted by atomic mass is 14.8. The smallest absolute Gasteiger partial charge is 0.0443 e. The van der Waals surface area contributed by atoms with Crippen LogP contribution in [0.2, 0.25) is 0 Å². The highest BCUT2D eigenvalue weighted by Gasteiger charge is 2.59. The van der Waals surface area contributed by atoms with Crippen LogP contribution in [0, 0.1) is 23.7 Å². The van der Waals surface area contributed by atoms with Gasteiger partial charge in [0.05, 0.1) is 0 Å². The summed E-state index contributed by atoms with van der Waals surface area (Å²) in [5.41, 5.74) is 9.80. The van der Waals surface area contributed by atoms with Crippen molar-refractivity contribution in [2.75, 3.05) is 0 Å². The highest BCUT2D eigenvalue weighted by molar-refractivity contribution is 5.32. The third-order valence-electron chi connectivity index (χ3n) is 6.60.